The standard InChI is InChI=1S/C27H27ClN4O6/c1-36-23-11-10-18(15-24(23)37-2)12-13-29-26(34)27(35)32-30-16-19-6-5-7-20(14-19)38-17-25(33)31-22-9-4-3-8-21(22)28/h3-11,14-16H,12-13,17H2,1-2H3,(H,29,34)(H,31,33)(H,32,35)/b30-16-. The lowest BCUT2D eigenvalue weighted by Gasteiger charge is -2.10. The van der Waals surface area contributed by atoms with E-state index < -0.39 is 11.8 Å². The molecule has 3 amide bonds. The molecule has 0 spiro atoms. The molecular weight excluding hydrogens is 512 g/mol. The normalized spacial score (nSPS) is 10.5. The van der Waals surface area contributed by atoms with Gasteiger partial charge in [0, 0.05) is 6.54 Å². The SMILES string of the molecule is COc1ccc(CCNC(=O)C(=O)N/N=C\c2cccc(OCC(=O)Nc3ccccc3Cl)c2)cc1OC. The minimum absolute atomic E-state index is 0.230. The van der Waals surface area contributed by atoms with Gasteiger partial charge in [-0.05, 0) is 53.9 Å². The number of methoxy groups -OCH3 is 2. The van der Waals surface area contributed by atoms with Crippen LogP contribution >= 0.6 is 11.6 Å². The maximum Gasteiger partial charge on any atom is 0.329 e. The van der Waals surface area contributed by atoms with Crippen molar-refractivity contribution in [3.05, 3.63) is 82.9 Å². The third-order valence-electron chi connectivity index (χ3n) is 5.11. The first-order valence-corrected chi connectivity index (χ1v) is 11.9. The molecule has 3 aromatic carbocycles. The zero-order valence-corrected chi connectivity index (χ0v) is 21.6. The second kappa shape index (κ2) is 14.2. The second-order valence-electron chi connectivity index (χ2n) is 7.78. The van der Waals surface area contributed by atoms with Crippen LogP contribution in [0.3, 0.4) is 0 Å². The molecule has 0 bridgehead atoms. The van der Waals surface area contributed by atoms with Gasteiger partial charge in [-0.25, -0.2) is 5.43 Å². The summed E-state index contributed by atoms with van der Waals surface area (Å²) in [5.41, 5.74) is 4.16. The van der Waals surface area contributed by atoms with E-state index in [9.17, 15) is 14.4 Å². The lowest BCUT2D eigenvalue weighted by Crippen LogP contribution is -2.38. The number of nitrogens with zero attached hydrogens (tertiary/aromatic N) is 1. The van der Waals surface area contributed by atoms with Crippen molar-refractivity contribution in [1.82, 2.24) is 10.7 Å². The fourth-order valence-electron chi connectivity index (χ4n) is 3.24. The molecule has 3 N–H and O–H groups in total. The fourth-order valence-corrected chi connectivity index (χ4v) is 3.42. The van der Waals surface area contributed by atoms with Crippen LogP contribution in [0.1, 0.15) is 11.1 Å². The molecule has 0 aliphatic heterocycles. The topological polar surface area (TPSA) is 127 Å². The van der Waals surface area contributed by atoms with Gasteiger partial charge in [-0.2, -0.15) is 5.10 Å². The zero-order valence-electron chi connectivity index (χ0n) is 20.8. The maximum atomic E-state index is 12.1. The highest BCUT2D eigenvalue weighted by atomic mass is 35.5. The number of hydrogen-bond acceptors (Lipinski definition) is 7. The van der Waals surface area contributed by atoms with Crippen LogP contribution < -0.4 is 30.3 Å². The molecular formula is C27H27ClN4O6. The van der Waals surface area contributed by atoms with Crippen molar-refractivity contribution >= 4 is 41.2 Å². The van der Waals surface area contributed by atoms with Crippen LogP contribution in [0.4, 0.5) is 5.69 Å². The second-order valence-corrected chi connectivity index (χ2v) is 8.19. The number of hydrazone groups is 1. The number of rotatable bonds is 11. The molecule has 38 heavy (non-hydrogen) atoms. The Bertz CT molecular complexity index is 1310. The lowest BCUT2D eigenvalue weighted by molar-refractivity contribution is -0.139. The summed E-state index contributed by atoms with van der Waals surface area (Å²) in [5, 5.41) is 9.44. The molecule has 0 saturated heterocycles. The van der Waals surface area contributed by atoms with Crippen molar-refractivity contribution in [2.45, 2.75) is 6.42 Å². The summed E-state index contributed by atoms with van der Waals surface area (Å²) in [5.74, 6) is -0.489. The zero-order chi connectivity index (χ0) is 27.3. The van der Waals surface area contributed by atoms with Crippen molar-refractivity contribution in [2.75, 3.05) is 32.7 Å². The summed E-state index contributed by atoms with van der Waals surface area (Å²) in [6.07, 6.45) is 1.84. The van der Waals surface area contributed by atoms with Crippen molar-refractivity contribution in [1.29, 1.82) is 0 Å². The summed E-state index contributed by atoms with van der Waals surface area (Å²) in [6, 6.07) is 19.0. The molecule has 0 unspecified atom stereocenters. The van der Waals surface area contributed by atoms with E-state index in [-0.39, 0.29) is 19.1 Å². The molecule has 3 rings (SSSR count). The van der Waals surface area contributed by atoms with Crippen molar-refractivity contribution in [3.63, 3.8) is 0 Å². The van der Waals surface area contributed by atoms with Crippen molar-refractivity contribution in [3.8, 4) is 17.2 Å². The quantitative estimate of drug-likeness (QED) is 0.195. The molecule has 0 fully saturated rings. The first-order valence-electron chi connectivity index (χ1n) is 11.5. The van der Waals surface area contributed by atoms with Gasteiger partial charge in [-0.1, -0.05) is 41.9 Å². The minimum Gasteiger partial charge on any atom is -0.493 e. The highest BCUT2D eigenvalue weighted by Gasteiger charge is 2.12. The van der Waals surface area contributed by atoms with Crippen LogP contribution in [0.5, 0.6) is 17.2 Å². The van der Waals surface area contributed by atoms with Gasteiger partial charge in [0.05, 0.1) is 31.1 Å². The lowest BCUT2D eigenvalue weighted by atomic mass is 10.1. The molecule has 0 aromatic heterocycles. The highest BCUT2D eigenvalue weighted by Crippen LogP contribution is 2.27. The Labute approximate surface area is 224 Å². The number of para-hydroxylation sites is 1. The number of carbonyl (C=O) groups excluding carboxylic acids is 3. The molecule has 198 valence electrons. The first kappa shape index (κ1) is 28.0. The van der Waals surface area contributed by atoms with Gasteiger partial charge in [0.15, 0.2) is 18.1 Å². The van der Waals surface area contributed by atoms with E-state index in [1.807, 2.05) is 6.07 Å². The Hall–Kier alpha value is -4.57. The average Bonchev–Trinajstić information content (AvgIpc) is 2.93. The number of carbonyl (C=O) groups is 3. The van der Waals surface area contributed by atoms with Crippen molar-refractivity contribution in [2.24, 2.45) is 5.10 Å². The monoisotopic (exact) mass is 538 g/mol. The molecule has 3 aromatic rings. The van der Waals surface area contributed by atoms with Gasteiger partial charge in [0.1, 0.15) is 5.75 Å². The van der Waals surface area contributed by atoms with Gasteiger partial charge in [0.2, 0.25) is 0 Å². The van der Waals surface area contributed by atoms with E-state index in [1.165, 1.54) is 6.21 Å². The van der Waals surface area contributed by atoms with Gasteiger partial charge in [0.25, 0.3) is 5.91 Å². The van der Waals surface area contributed by atoms with E-state index in [0.29, 0.717) is 39.9 Å². The molecule has 0 aliphatic rings. The van der Waals surface area contributed by atoms with E-state index in [1.54, 1.807) is 74.9 Å². The van der Waals surface area contributed by atoms with Crippen LogP contribution in [0, 0.1) is 0 Å². The first-order chi connectivity index (χ1) is 18.4. The fraction of sp³-hybridized carbons (Fsp3) is 0.185. The number of hydrogen-bond donors (Lipinski definition) is 3. The van der Waals surface area contributed by atoms with E-state index >= 15 is 0 Å². The predicted molar refractivity (Wildman–Crippen MR) is 144 cm³/mol. The molecule has 0 heterocycles. The number of nitrogens with one attached hydrogen (secondary N) is 3. The Balaban J connectivity index is 1.42. The number of ether oxygens (including phenoxy) is 3. The van der Waals surface area contributed by atoms with Crippen LogP contribution in [0.15, 0.2) is 71.8 Å². The number of amides is 3. The largest absolute Gasteiger partial charge is 0.493 e. The van der Waals surface area contributed by atoms with Crippen molar-refractivity contribution < 1.29 is 28.6 Å². The summed E-state index contributed by atoms with van der Waals surface area (Å²) < 4.78 is 16.0. The third-order valence-corrected chi connectivity index (χ3v) is 5.44. The van der Waals surface area contributed by atoms with Gasteiger partial charge in [-0.15, -0.1) is 0 Å². The smallest absolute Gasteiger partial charge is 0.329 e. The Morgan fingerprint density at radius 3 is 2.47 bits per heavy atom. The van der Waals surface area contributed by atoms with Gasteiger partial charge in [-0.3, -0.25) is 14.4 Å². The van der Waals surface area contributed by atoms with Crippen LogP contribution in [-0.4, -0.2) is 51.3 Å². The molecule has 0 radical (unpaired) electrons. The Kier molecular flexibility index (Phi) is 10.5. The van der Waals surface area contributed by atoms with Gasteiger partial charge < -0.3 is 24.8 Å². The predicted octanol–water partition coefficient (Wildman–Crippen LogP) is 3.18. The third kappa shape index (κ3) is 8.52. The van der Waals surface area contributed by atoms with E-state index in [2.05, 4.69) is 21.2 Å². The highest BCUT2D eigenvalue weighted by molar-refractivity contribution is 6.35. The molecule has 0 atom stereocenters. The Morgan fingerprint density at radius 1 is 0.921 bits per heavy atom. The van der Waals surface area contributed by atoms with Crippen LogP contribution in [0.2, 0.25) is 5.02 Å². The van der Waals surface area contributed by atoms with Crippen LogP contribution in [0.25, 0.3) is 0 Å². The summed E-state index contributed by atoms with van der Waals surface area (Å²) in [7, 11) is 3.09. The molecule has 0 aliphatic carbocycles. The average molecular weight is 539 g/mol. The molecule has 10 nitrogen and oxygen atoms in total. The molecule has 11 heteroatoms. The summed E-state index contributed by atoms with van der Waals surface area (Å²) in [6.45, 7) is 0.0148. The number of benzene rings is 3. The Morgan fingerprint density at radius 2 is 1.71 bits per heavy atom. The van der Waals surface area contributed by atoms with E-state index in [0.717, 1.165) is 5.56 Å². The van der Waals surface area contributed by atoms with E-state index in [4.69, 9.17) is 25.8 Å². The van der Waals surface area contributed by atoms with Crippen LogP contribution in [-0.2, 0) is 20.8 Å². The number of halogens is 1. The maximum absolute atomic E-state index is 12.1. The van der Waals surface area contributed by atoms with Gasteiger partial charge >= 0.3 is 11.8 Å². The number of anilines is 1. The summed E-state index contributed by atoms with van der Waals surface area (Å²) in [4.78, 5) is 36.2. The minimum atomic E-state index is -0.905. The molecule has 0 saturated carbocycles. The summed E-state index contributed by atoms with van der Waals surface area (Å²) >= 11 is 6.03.